The monoisotopic (exact) mass is 320 g/mol. The molecule has 0 bridgehead atoms. The summed E-state index contributed by atoms with van der Waals surface area (Å²) in [4.78, 5) is 11.9. The van der Waals surface area contributed by atoms with E-state index in [2.05, 4.69) is 10.6 Å². The summed E-state index contributed by atoms with van der Waals surface area (Å²) in [5.74, 6) is 1.09. The molecule has 23 heavy (non-hydrogen) atoms. The number of ether oxygens (including phenoxy) is 1. The number of urea groups is 1. The Hall–Kier alpha value is -1.75. The van der Waals surface area contributed by atoms with Gasteiger partial charge in [-0.3, -0.25) is 0 Å². The van der Waals surface area contributed by atoms with Crippen LogP contribution in [0.4, 0.5) is 10.5 Å². The molecule has 2 amide bonds. The Bertz CT molecular complexity index is 482. The third-order valence-electron chi connectivity index (χ3n) is 4.07. The van der Waals surface area contributed by atoms with Crippen LogP contribution in [-0.2, 0) is 0 Å². The second-order valence-corrected chi connectivity index (χ2v) is 6.57. The van der Waals surface area contributed by atoms with Crippen LogP contribution in [-0.4, -0.2) is 29.9 Å². The van der Waals surface area contributed by atoms with Gasteiger partial charge in [0.15, 0.2) is 0 Å². The lowest BCUT2D eigenvalue weighted by atomic mass is 10.1. The summed E-state index contributed by atoms with van der Waals surface area (Å²) in [6, 6.07) is 7.26. The first-order chi connectivity index (χ1) is 11.0. The predicted octanol–water partition coefficient (Wildman–Crippen LogP) is 3.54. The fourth-order valence-corrected chi connectivity index (χ4v) is 2.92. The van der Waals surface area contributed by atoms with Gasteiger partial charge in [-0.2, -0.15) is 0 Å². The molecule has 5 nitrogen and oxygen atoms in total. The number of hydrogen-bond acceptors (Lipinski definition) is 3. The molecule has 0 aromatic heterocycles. The Balaban J connectivity index is 1.73. The van der Waals surface area contributed by atoms with Gasteiger partial charge in [0.05, 0.1) is 12.2 Å². The zero-order valence-electron chi connectivity index (χ0n) is 14.0. The molecule has 5 heteroatoms. The van der Waals surface area contributed by atoms with Gasteiger partial charge in [-0.05, 0) is 69.2 Å². The minimum absolute atomic E-state index is 0.230. The molecule has 2 unspecified atom stereocenters. The molecule has 1 aliphatic carbocycles. The van der Waals surface area contributed by atoms with Crippen LogP contribution in [0, 0.1) is 5.92 Å². The highest BCUT2D eigenvalue weighted by Crippen LogP contribution is 2.24. The zero-order chi connectivity index (χ0) is 16.7. The van der Waals surface area contributed by atoms with Crippen LogP contribution in [0.2, 0.25) is 0 Å². The number of rotatable bonds is 7. The van der Waals surface area contributed by atoms with Crippen LogP contribution in [0.3, 0.4) is 0 Å². The van der Waals surface area contributed by atoms with Crippen LogP contribution in [0.1, 0.15) is 46.0 Å². The Morgan fingerprint density at radius 2 is 1.91 bits per heavy atom. The first kappa shape index (κ1) is 17.6. The maximum Gasteiger partial charge on any atom is 0.319 e. The second-order valence-electron chi connectivity index (χ2n) is 6.57. The van der Waals surface area contributed by atoms with E-state index in [0.717, 1.165) is 24.3 Å². The molecule has 128 valence electrons. The Labute approximate surface area is 138 Å². The van der Waals surface area contributed by atoms with Crippen molar-refractivity contribution in [2.24, 2.45) is 5.92 Å². The van der Waals surface area contributed by atoms with Gasteiger partial charge in [0, 0.05) is 12.2 Å². The van der Waals surface area contributed by atoms with Gasteiger partial charge < -0.3 is 20.5 Å². The van der Waals surface area contributed by atoms with Crippen molar-refractivity contribution in [2.75, 3.05) is 11.9 Å². The molecule has 1 fully saturated rings. The van der Waals surface area contributed by atoms with Crippen LogP contribution < -0.4 is 15.4 Å². The summed E-state index contributed by atoms with van der Waals surface area (Å²) in [6.45, 7) is 4.30. The lowest BCUT2D eigenvalue weighted by molar-refractivity contribution is 0.163. The summed E-state index contributed by atoms with van der Waals surface area (Å²) in [5, 5.41) is 14.9. The highest BCUT2D eigenvalue weighted by Gasteiger charge is 2.16. The van der Waals surface area contributed by atoms with Crippen LogP contribution in [0.25, 0.3) is 0 Å². The standard InChI is InChI=1S/C18H28N2O3/c1-13(11-14(2)21)12-19-18(22)20-15-7-9-17(10-8-15)23-16-5-3-4-6-16/h7-10,13-14,16,21H,3-6,11-12H2,1-2H3,(H2,19,20,22). The molecule has 1 aromatic carbocycles. The molecule has 1 aromatic rings. The smallest absolute Gasteiger partial charge is 0.319 e. The molecule has 3 N–H and O–H groups in total. The number of benzene rings is 1. The Morgan fingerprint density at radius 3 is 2.52 bits per heavy atom. The van der Waals surface area contributed by atoms with Gasteiger partial charge in [0.25, 0.3) is 0 Å². The third kappa shape index (κ3) is 6.48. The fourth-order valence-electron chi connectivity index (χ4n) is 2.92. The van der Waals surface area contributed by atoms with Crippen molar-refractivity contribution in [3.05, 3.63) is 24.3 Å². The molecule has 0 radical (unpaired) electrons. The van der Waals surface area contributed by atoms with Gasteiger partial charge >= 0.3 is 6.03 Å². The van der Waals surface area contributed by atoms with Gasteiger partial charge in [-0.15, -0.1) is 0 Å². The van der Waals surface area contributed by atoms with Crippen molar-refractivity contribution in [3.8, 4) is 5.75 Å². The maximum atomic E-state index is 11.9. The molecule has 1 saturated carbocycles. The summed E-state index contributed by atoms with van der Waals surface area (Å²) in [5.41, 5.74) is 0.740. The van der Waals surface area contributed by atoms with Gasteiger partial charge in [-0.1, -0.05) is 6.92 Å². The van der Waals surface area contributed by atoms with Crippen molar-refractivity contribution >= 4 is 11.7 Å². The molecule has 2 rings (SSSR count). The van der Waals surface area contributed by atoms with E-state index < -0.39 is 0 Å². The lowest BCUT2D eigenvalue weighted by Gasteiger charge is -2.15. The van der Waals surface area contributed by atoms with Crippen molar-refractivity contribution in [3.63, 3.8) is 0 Å². The van der Waals surface area contributed by atoms with E-state index in [9.17, 15) is 9.90 Å². The zero-order valence-corrected chi connectivity index (χ0v) is 14.0. The SMILES string of the molecule is CC(O)CC(C)CNC(=O)Nc1ccc(OC2CCCC2)cc1. The molecule has 0 saturated heterocycles. The summed E-state index contributed by atoms with van der Waals surface area (Å²) < 4.78 is 5.90. The normalized spacial score (nSPS) is 17.5. The molecular weight excluding hydrogens is 292 g/mol. The minimum atomic E-state index is -0.345. The predicted molar refractivity (Wildman–Crippen MR) is 91.8 cm³/mol. The largest absolute Gasteiger partial charge is 0.490 e. The lowest BCUT2D eigenvalue weighted by Crippen LogP contribution is -2.33. The average molecular weight is 320 g/mol. The van der Waals surface area contributed by atoms with Gasteiger partial charge in [0.1, 0.15) is 5.75 Å². The highest BCUT2D eigenvalue weighted by atomic mass is 16.5. The van der Waals surface area contributed by atoms with Crippen LogP contribution in [0.15, 0.2) is 24.3 Å². The number of anilines is 1. The number of aliphatic hydroxyl groups is 1. The number of aliphatic hydroxyl groups excluding tert-OH is 1. The van der Waals surface area contributed by atoms with E-state index >= 15 is 0 Å². The van der Waals surface area contributed by atoms with Crippen LogP contribution >= 0.6 is 0 Å². The van der Waals surface area contributed by atoms with E-state index in [4.69, 9.17) is 4.74 Å². The van der Waals surface area contributed by atoms with Crippen molar-refractivity contribution < 1.29 is 14.6 Å². The van der Waals surface area contributed by atoms with Crippen molar-refractivity contribution in [1.29, 1.82) is 0 Å². The maximum absolute atomic E-state index is 11.9. The van der Waals surface area contributed by atoms with Crippen molar-refractivity contribution in [1.82, 2.24) is 5.32 Å². The van der Waals surface area contributed by atoms with E-state index in [1.54, 1.807) is 6.92 Å². The van der Waals surface area contributed by atoms with Gasteiger partial charge in [0.2, 0.25) is 0 Å². The first-order valence-electron chi connectivity index (χ1n) is 8.52. The van der Waals surface area contributed by atoms with Crippen molar-refractivity contribution in [2.45, 2.75) is 58.2 Å². The Kier molecular flexibility index (Phi) is 6.71. The quantitative estimate of drug-likeness (QED) is 0.719. The van der Waals surface area contributed by atoms with E-state index in [1.165, 1.54) is 12.8 Å². The van der Waals surface area contributed by atoms with E-state index in [1.807, 2.05) is 31.2 Å². The van der Waals surface area contributed by atoms with E-state index in [-0.39, 0.29) is 18.1 Å². The third-order valence-corrected chi connectivity index (χ3v) is 4.07. The molecule has 1 aliphatic rings. The number of amides is 2. The number of carbonyl (C=O) groups excluding carboxylic acids is 1. The molecule has 2 atom stereocenters. The topological polar surface area (TPSA) is 70.6 Å². The minimum Gasteiger partial charge on any atom is -0.490 e. The first-order valence-corrected chi connectivity index (χ1v) is 8.52. The number of hydrogen-bond donors (Lipinski definition) is 3. The summed E-state index contributed by atoms with van der Waals surface area (Å²) in [7, 11) is 0. The molecule has 0 heterocycles. The second kappa shape index (κ2) is 8.77. The molecule has 0 spiro atoms. The van der Waals surface area contributed by atoms with Gasteiger partial charge in [-0.25, -0.2) is 4.79 Å². The summed E-state index contributed by atoms with van der Waals surface area (Å²) >= 11 is 0. The Morgan fingerprint density at radius 1 is 1.26 bits per heavy atom. The average Bonchev–Trinajstić information content (AvgIpc) is 2.99. The highest BCUT2D eigenvalue weighted by molar-refractivity contribution is 5.89. The fraction of sp³-hybridized carbons (Fsp3) is 0.611. The number of carbonyl (C=O) groups is 1. The molecule has 0 aliphatic heterocycles. The summed E-state index contributed by atoms with van der Waals surface area (Å²) in [6.07, 6.45) is 5.43. The molecular formula is C18H28N2O3. The number of nitrogens with one attached hydrogen (secondary N) is 2. The van der Waals surface area contributed by atoms with E-state index in [0.29, 0.717) is 19.1 Å². The van der Waals surface area contributed by atoms with Crippen LogP contribution in [0.5, 0.6) is 5.75 Å².